The summed E-state index contributed by atoms with van der Waals surface area (Å²) in [6.07, 6.45) is 0.557. The van der Waals surface area contributed by atoms with E-state index in [-0.39, 0.29) is 42.6 Å². The predicted molar refractivity (Wildman–Crippen MR) is 145 cm³/mol. The molecule has 1 N–H and O–H groups in total. The Balaban J connectivity index is 1.22. The van der Waals surface area contributed by atoms with Gasteiger partial charge >= 0.3 is 6.18 Å². The third-order valence-electron chi connectivity index (χ3n) is 10.1. The summed E-state index contributed by atoms with van der Waals surface area (Å²) in [6, 6.07) is 9.89. The van der Waals surface area contributed by atoms with Crippen LogP contribution >= 0.6 is 0 Å². The van der Waals surface area contributed by atoms with Crippen LogP contribution in [0.15, 0.2) is 42.7 Å². The van der Waals surface area contributed by atoms with Crippen LogP contribution in [0.3, 0.4) is 0 Å². The van der Waals surface area contributed by atoms with Crippen molar-refractivity contribution in [3.63, 3.8) is 0 Å². The van der Waals surface area contributed by atoms with Gasteiger partial charge in [-0.05, 0) is 85.4 Å². The first kappa shape index (κ1) is 27.5. The van der Waals surface area contributed by atoms with Crippen LogP contribution in [0.25, 0.3) is 0 Å². The molecule has 2 aromatic carbocycles. The standard InChI is InChI=1S/C31H32F5N5O/c1-27(7-4-8-27)37-12-19-9-22-23(24(10-19)31(34,35)36)13-41(25(22)42)21-6-3-5-20(11-21)29(26-39-38-18-40(26)2)14-28(15-29)16-30(32,33)17-28/h3,5-6,9-11,18,37H,4,7-8,12-17H2,1-2H3. The first-order valence-corrected chi connectivity index (χ1v) is 14.3. The Labute approximate surface area is 240 Å². The number of hydrogen-bond acceptors (Lipinski definition) is 4. The molecule has 1 spiro atoms. The third-order valence-corrected chi connectivity index (χ3v) is 10.1. The summed E-state index contributed by atoms with van der Waals surface area (Å²) < 4.78 is 72.3. The number of hydrogen-bond donors (Lipinski definition) is 1. The summed E-state index contributed by atoms with van der Waals surface area (Å²) in [7, 11) is 1.80. The molecule has 3 saturated carbocycles. The van der Waals surface area contributed by atoms with Gasteiger partial charge in [-0.1, -0.05) is 12.1 Å². The predicted octanol–water partition coefficient (Wildman–Crippen LogP) is 6.52. The van der Waals surface area contributed by atoms with Crippen LogP contribution in [-0.2, 0) is 31.7 Å². The summed E-state index contributed by atoms with van der Waals surface area (Å²) in [5.41, 5.74) is -0.329. The fourth-order valence-corrected chi connectivity index (χ4v) is 7.93. The first-order chi connectivity index (χ1) is 19.7. The van der Waals surface area contributed by atoms with Gasteiger partial charge in [0.1, 0.15) is 12.2 Å². The number of anilines is 1. The maximum Gasteiger partial charge on any atom is 0.416 e. The van der Waals surface area contributed by atoms with Gasteiger partial charge in [0.05, 0.1) is 17.5 Å². The number of halogens is 5. The maximum absolute atomic E-state index is 14.2. The van der Waals surface area contributed by atoms with Gasteiger partial charge in [0.15, 0.2) is 0 Å². The van der Waals surface area contributed by atoms with Crippen LogP contribution in [-0.4, -0.2) is 32.1 Å². The van der Waals surface area contributed by atoms with E-state index in [0.29, 0.717) is 29.9 Å². The minimum absolute atomic E-state index is 0.0289. The molecule has 1 amide bonds. The molecule has 11 heteroatoms. The van der Waals surface area contributed by atoms with Crippen molar-refractivity contribution in [1.29, 1.82) is 0 Å². The molecule has 0 unspecified atom stereocenters. The third kappa shape index (κ3) is 4.26. The highest BCUT2D eigenvalue weighted by Crippen LogP contribution is 2.70. The molecule has 2 heterocycles. The molecule has 222 valence electrons. The second-order valence-electron chi connectivity index (χ2n) is 13.3. The lowest BCUT2D eigenvalue weighted by molar-refractivity contribution is -0.209. The quantitative estimate of drug-likeness (QED) is 0.335. The Morgan fingerprint density at radius 3 is 2.38 bits per heavy atom. The van der Waals surface area contributed by atoms with E-state index < -0.39 is 34.4 Å². The smallest absolute Gasteiger partial charge is 0.320 e. The van der Waals surface area contributed by atoms with Crippen molar-refractivity contribution in [3.05, 3.63) is 76.4 Å². The molecule has 0 radical (unpaired) electrons. The van der Waals surface area contributed by atoms with E-state index in [9.17, 15) is 26.7 Å². The molecular weight excluding hydrogens is 553 g/mol. The van der Waals surface area contributed by atoms with Crippen molar-refractivity contribution in [2.24, 2.45) is 12.5 Å². The minimum Gasteiger partial charge on any atom is -0.320 e. The van der Waals surface area contributed by atoms with Gasteiger partial charge in [0.25, 0.3) is 5.91 Å². The molecule has 6 nitrogen and oxygen atoms in total. The summed E-state index contributed by atoms with van der Waals surface area (Å²) in [4.78, 5) is 15.1. The van der Waals surface area contributed by atoms with Gasteiger partial charge in [0, 0.05) is 43.2 Å². The first-order valence-electron chi connectivity index (χ1n) is 14.3. The molecule has 42 heavy (non-hydrogen) atoms. The van der Waals surface area contributed by atoms with Crippen molar-refractivity contribution < 1.29 is 26.7 Å². The van der Waals surface area contributed by atoms with Crippen LogP contribution < -0.4 is 10.2 Å². The molecule has 7 rings (SSSR count). The summed E-state index contributed by atoms with van der Waals surface area (Å²) in [6.45, 7) is 2.10. The topological polar surface area (TPSA) is 63.1 Å². The van der Waals surface area contributed by atoms with E-state index in [1.807, 2.05) is 6.07 Å². The highest BCUT2D eigenvalue weighted by atomic mass is 19.4. The summed E-state index contributed by atoms with van der Waals surface area (Å²) in [5, 5.41) is 11.7. The highest BCUT2D eigenvalue weighted by molar-refractivity contribution is 6.10. The average Bonchev–Trinajstić information content (AvgIpc) is 3.45. The highest BCUT2D eigenvalue weighted by Gasteiger charge is 2.68. The normalized spacial score (nSPS) is 22.8. The molecule has 1 aromatic heterocycles. The molecule has 1 aliphatic heterocycles. The molecule has 0 saturated heterocycles. The Bertz CT molecular complexity index is 1570. The number of fused-ring (bicyclic) bond motifs is 1. The minimum atomic E-state index is -4.61. The van der Waals surface area contributed by atoms with Gasteiger partial charge in [0.2, 0.25) is 5.92 Å². The van der Waals surface area contributed by atoms with E-state index in [1.54, 1.807) is 42.2 Å². The van der Waals surface area contributed by atoms with E-state index in [1.165, 1.54) is 4.90 Å². The Hall–Kier alpha value is -3.34. The molecule has 3 aliphatic carbocycles. The Morgan fingerprint density at radius 2 is 1.79 bits per heavy atom. The van der Waals surface area contributed by atoms with E-state index in [0.717, 1.165) is 30.9 Å². The van der Waals surface area contributed by atoms with Crippen molar-refractivity contribution in [2.75, 3.05) is 4.90 Å². The molecule has 0 atom stereocenters. The SMILES string of the molecule is Cn1cnnc1C1(c2cccc(N3Cc4c(cc(CNC5(C)CCC5)cc4C(F)(F)F)C3=O)c2)CC2(CC(F)(F)C2)C1. The number of benzene rings is 2. The Morgan fingerprint density at radius 1 is 1.05 bits per heavy atom. The second kappa shape index (κ2) is 8.84. The number of nitrogens with zero attached hydrogens (tertiary/aromatic N) is 4. The van der Waals surface area contributed by atoms with E-state index in [4.69, 9.17) is 0 Å². The number of rotatable bonds is 6. The zero-order chi connectivity index (χ0) is 29.7. The van der Waals surface area contributed by atoms with Crippen LogP contribution in [0.4, 0.5) is 27.6 Å². The monoisotopic (exact) mass is 585 g/mol. The lowest BCUT2D eigenvalue weighted by Gasteiger charge is -2.62. The zero-order valence-corrected chi connectivity index (χ0v) is 23.5. The van der Waals surface area contributed by atoms with Crippen molar-refractivity contribution in [3.8, 4) is 0 Å². The number of aryl methyl sites for hydroxylation is 1. The number of aromatic nitrogens is 3. The van der Waals surface area contributed by atoms with Crippen molar-refractivity contribution >= 4 is 11.6 Å². The van der Waals surface area contributed by atoms with Gasteiger partial charge in [-0.2, -0.15) is 13.2 Å². The van der Waals surface area contributed by atoms with Gasteiger partial charge in [-0.3, -0.25) is 4.79 Å². The zero-order valence-electron chi connectivity index (χ0n) is 23.5. The van der Waals surface area contributed by atoms with Crippen molar-refractivity contribution in [1.82, 2.24) is 20.1 Å². The number of carbonyl (C=O) groups is 1. The Kier molecular flexibility index (Phi) is 5.79. The maximum atomic E-state index is 14.2. The fourth-order valence-electron chi connectivity index (χ4n) is 7.93. The molecule has 0 bridgehead atoms. The largest absolute Gasteiger partial charge is 0.416 e. The average molecular weight is 586 g/mol. The lowest BCUT2D eigenvalue weighted by Crippen LogP contribution is -2.61. The molecule has 4 aliphatic rings. The molecular formula is C31H32F5N5O. The van der Waals surface area contributed by atoms with Gasteiger partial charge < -0.3 is 14.8 Å². The number of amides is 1. The second-order valence-corrected chi connectivity index (χ2v) is 13.3. The van der Waals surface area contributed by atoms with E-state index >= 15 is 0 Å². The van der Waals surface area contributed by atoms with Crippen LogP contribution in [0.1, 0.15) is 90.3 Å². The lowest BCUT2D eigenvalue weighted by atomic mass is 9.42. The summed E-state index contributed by atoms with van der Waals surface area (Å²) in [5.74, 6) is -2.50. The van der Waals surface area contributed by atoms with Crippen LogP contribution in [0.5, 0.6) is 0 Å². The number of alkyl halides is 5. The number of carbonyl (C=O) groups excluding carboxylic acids is 1. The van der Waals surface area contributed by atoms with E-state index in [2.05, 4.69) is 22.4 Å². The molecule has 3 fully saturated rings. The summed E-state index contributed by atoms with van der Waals surface area (Å²) >= 11 is 0. The fraction of sp³-hybridized carbons (Fsp3) is 0.516. The van der Waals surface area contributed by atoms with Crippen molar-refractivity contribution in [2.45, 2.75) is 88.0 Å². The van der Waals surface area contributed by atoms with Gasteiger partial charge in [-0.25, -0.2) is 8.78 Å². The molecule has 3 aromatic rings. The van der Waals surface area contributed by atoms with Crippen LogP contribution in [0, 0.1) is 5.41 Å². The van der Waals surface area contributed by atoms with Crippen LogP contribution in [0.2, 0.25) is 0 Å². The number of nitrogens with one attached hydrogen (secondary N) is 1. The van der Waals surface area contributed by atoms with Gasteiger partial charge in [-0.15, -0.1) is 10.2 Å².